The summed E-state index contributed by atoms with van der Waals surface area (Å²) in [6.45, 7) is 3.47. The van der Waals surface area contributed by atoms with Crippen molar-refractivity contribution in [3.8, 4) is 11.8 Å². The van der Waals surface area contributed by atoms with Crippen molar-refractivity contribution in [2.45, 2.75) is 26.3 Å². The van der Waals surface area contributed by atoms with Crippen molar-refractivity contribution < 1.29 is 23.0 Å². The van der Waals surface area contributed by atoms with Gasteiger partial charge in [-0.2, -0.15) is 10.4 Å². The molecular formula is C16H15F3N4O2. The van der Waals surface area contributed by atoms with Gasteiger partial charge in [0.15, 0.2) is 5.82 Å². The summed E-state index contributed by atoms with van der Waals surface area (Å²) >= 11 is 0. The van der Waals surface area contributed by atoms with Crippen LogP contribution < -0.4 is 10.1 Å². The number of halogens is 3. The van der Waals surface area contributed by atoms with Crippen molar-refractivity contribution in [2.24, 2.45) is 0 Å². The van der Waals surface area contributed by atoms with Crippen LogP contribution in [0.3, 0.4) is 0 Å². The lowest BCUT2D eigenvalue weighted by Gasteiger charge is -2.15. The molecule has 1 heterocycles. The molecule has 1 atom stereocenters. The fourth-order valence-electron chi connectivity index (χ4n) is 2.07. The molecule has 1 aromatic heterocycles. The van der Waals surface area contributed by atoms with Crippen molar-refractivity contribution in [1.29, 1.82) is 5.26 Å². The van der Waals surface area contributed by atoms with Crippen molar-refractivity contribution in [3.05, 3.63) is 46.6 Å². The van der Waals surface area contributed by atoms with Gasteiger partial charge in [0.25, 0.3) is 0 Å². The number of aliphatic hydroxyl groups excluding tert-OH is 1. The number of nitriles is 1. The monoisotopic (exact) mass is 352 g/mol. The Bertz CT molecular complexity index is 786. The molecule has 132 valence electrons. The van der Waals surface area contributed by atoms with E-state index in [2.05, 4.69) is 20.3 Å². The van der Waals surface area contributed by atoms with E-state index in [4.69, 9.17) is 0 Å². The van der Waals surface area contributed by atoms with Crippen molar-refractivity contribution in [1.82, 2.24) is 10.2 Å². The lowest BCUT2D eigenvalue weighted by Crippen LogP contribution is -2.17. The first kappa shape index (κ1) is 18.5. The van der Waals surface area contributed by atoms with Crippen LogP contribution in [0.15, 0.2) is 24.3 Å². The largest absolute Gasteiger partial charge is 0.573 e. The maximum absolute atomic E-state index is 12.1. The molecule has 0 amide bonds. The van der Waals surface area contributed by atoms with E-state index in [1.165, 1.54) is 12.1 Å². The van der Waals surface area contributed by atoms with E-state index in [0.29, 0.717) is 22.4 Å². The number of rotatable bonds is 5. The highest BCUT2D eigenvalue weighted by Crippen LogP contribution is 2.25. The molecule has 0 aliphatic heterocycles. The molecule has 0 fully saturated rings. The second-order valence-corrected chi connectivity index (χ2v) is 5.26. The predicted octanol–water partition coefficient (Wildman–Crippen LogP) is 3.01. The Labute approximate surface area is 141 Å². The Kier molecular flexibility index (Phi) is 5.44. The Morgan fingerprint density at radius 2 is 1.88 bits per heavy atom. The highest BCUT2D eigenvalue weighted by molar-refractivity contribution is 5.55. The van der Waals surface area contributed by atoms with Gasteiger partial charge in [-0.15, -0.1) is 18.3 Å². The van der Waals surface area contributed by atoms with E-state index in [1.54, 1.807) is 13.8 Å². The van der Waals surface area contributed by atoms with Crippen LogP contribution in [0.5, 0.6) is 5.75 Å². The summed E-state index contributed by atoms with van der Waals surface area (Å²) in [5.74, 6) is -0.134. The summed E-state index contributed by atoms with van der Waals surface area (Å²) in [5, 5.41) is 30.0. The third-order valence-electron chi connectivity index (χ3n) is 3.53. The zero-order chi connectivity index (χ0) is 18.6. The molecular weight excluding hydrogens is 337 g/mol. The smallest absolute Gasteiger partial charge is 0.406 e. The zero-order valence-electron chi connectivity index (χ0n) is 13.4. The van der Waals surface area contributed by atoms with E-state index >= 15 is 0 Å². The summed E-state index contributed by atoms with van der Waals surface area (Å²) in [7, 11) is 0. The average Bonchev–Trinajstić information content (AvgIpc) is 2.55. The van der Waals surface area contributed by atoms with Crippen LogP contribution in [0.2, 0.25) is 0 Å². The molecule has 1 aromatic carbocycles. The number of hydrogen-bond acceptors (Lipinski definition) is 6. The number of aromatic nitrogens is 2. The second kappa shape index (κ2) is 7.36. The van der Waals surface area contributed by atoms with Gasteiger partial charge in [-0.25, -0.2) is 0 Å². The van der Waals surface area contributed by atoms with Gasteiger partial charge >= 0.3 is 6.36 Å². The predicted molar refractivity (Wildman–Crippen MR) is 82.8 cm³/mol. The van der Waals surface area contributed by atoms with E-state index in [-0.39, 0.29) is 18.1 Å². The summed E-state index contributed by atoms with van der Waals surface area (Å²) in [6, 6.07) is 6.90. The number of nitrogens with one attached hydrogen (secondary N) is 1. The Morgan fingerprint density at radius 3 is 2.44 bits per heavy atom. The average molecular weight is 352 g/mol. The molecule has 25 heavy (non-hydrogen) atoms. The number of anilines is 1. The normalized spacial score (nSPS) is 12.4. The molecule has 9 heteroatoms. The fraction of sp³-hybridized carbons (Fsp3) is 0.312. The van der Waals surface area contributed by atoms with E-state index in [1.807, 2.05) is 6.07 Å². The van der Waals surface area contributed by atoms with Crippen LogP contribution in [-0.2, 0) is 0 Å². The number of ether oxygens (including phenoxy) is 1. The summed E-state index contributed by atoms with van der Waals surface area (Å²) in [4.78, 5) is 0. The minimum Gasteiger partial charge on any atom is -0.406 e. The molecule has 2 N–H and O–H groups in total. The van der Waals surface area contributed by atoms with Crippen LogP contribution in [0.4, 0.5) is 19.0 Å². The molecule has 0 saturated carbocycles. The second-order valence-electron chi connectivity index (χ2n) is 5.26. The SMILES string of the molecule is Cc1nnc(NCC(O)c2ccc(OC(F)(F)F)cc2)c(C#N)c1C. The number of hydrogen-bond donors (Lipinski definition) is 2. The fourth-order valence-corrected chi connectivity index (χ4v) is 2.07. The minimum atomic E-state index is -4.77. The number of aliphatic hydroxyl groups is 1. The summed E-state index contributed by atoms with van der Waals surface area (Å²) in [6.07, 6.45) is -5.79. The van der Waals surface area contributed by atoms with E-state index < -0.39 is 12.5 Å². The molecule has 2 rings (SSSR count). The van der Waals surface area contributed by atoms with Gasteiger partial charge in [-0.1, -0.05) is 12.1 Å². The molecule has 0 radical (unpaired) electrons. The molecule has 0 saturated heterocycles. The third kappa shape index (κ3) is 4.81. The Hall–Kier alpha value is -2.86. The topological polar surface area (TPSA) is 91.1 Å². The van der Waals surface area contributed by atoms with Gasteiger partial charge in [0.1, 0.15) is 17.4 Å². The van der Waals surface area contributed by atoms with E-state index in [0.717, 1.165) is 12.1 Å². The van der Waals surface area contributed by atoms with Gasteiger partial charge in [0, 0.05) is 6.54 Å². The van der Waals surface area contributed by atoms with Crippen LogP contribution in [0.1, 0.15) is 28.5 Å². The van der Waals surface area contributed by atoms with Gasteiger partial charge in [0.05, 0.1) is 11.8 Å². The van der Waals surface area contributed by atoms with Crippen molar-refractivity contribution >= 4 is 5.82 Å². The molecule has 1 unspecified atom stereocenters. The quantitative estimate of drug-likeness (QED) is 0.860. The highest BCUT2D eigenvalue weighted by atomic mass is 19.4. The molecule has 0 spiro atoms. The van der Waals surface area contributed by atoms with Crippen LogP contribution in [0.25, 0.3) is 0 Å². The molecule has 0 bridgehead atoms. The van der Waals surface area contributed by atoms with Gasteiger partial charge in [-0.3, -0.25) is 0 Å². The third-order valence-corrected chi connectivity index (χ3v) is 3.53. The lowest BCUT2D eigenvalue weighted by molar-refractivity contribution is -0.274. The molecule has 0 aliphatic rings. The van der Waals surface area contributed by atoms with Crippen molar-refractivity contribution in [3.63, 3.8) is 0 Å². The molecule has 0 aliphatic carbocycles. The Balaban J connectivity index is 2.05. The number of nitrogens with zero attached hydrogens (tertiary/aromatic N) is 3. The van der Waals surface area contributed by atoms with Crippen LogP contribution in [-0.4, -0.2) is 28.2 Å². The maximum Gasteiger partial charge on any atom is 0.573 e. The van der Waals surface area contributed by atoms with Gasteiger partial charge in [-0.05, 0) is 37.1 Å². The standard InChI is InChI=1S/C16H15F3N4O2/c1-9-10(2)22-23-15(13(9)7-20)21-8-14(24)11-3-5-12(6-4-11)25-16(17,18)19/h3-6,14,24H,8H2,1-2H3,(H,21,23). The maximum atomic E-state index is 12.1. The van der Waals surface area contributed by atoms with Crippen LogP contribution in [0, 0.1) is 25.2 Å². The van der Waals surface area contributed by atoms with Crippen molar-refractivity contribution in [2.75, 3.05) is 11.9 Å². The first-order valence-corrected chi connectivity index (χ1v) is 7.23. The first-order valence-electron chi connectivity index (χ1n) is 7.23. The molecule has 6 nitrogen and oxygen atoms in total. The number of alkyl halides is 3. The van der Waals surface area contributed by atoms with E-state index in [9.17, 15) is 23.5 Å². The Morgan fingerprint density at radius 1 is 1.24 bits per heavy atom. The number of aryl methyl sites for hydroxylation is 1. The van der Waals surface area contributed by atoms with Gasteiger partial charge < -0.3 is 15.2 Å². The highest BCUT2D eigenvalue weighted by Gasteiger charge is 2.31. The molecule has 2 aromatic rings. The summed E-state index contributed by atoms with van der Waals surface area (Å²) < 4.78 is 40.1. The number of benzene rings is 1. The van der Waals surface area contributed by atoms with Crippen LogP contribution >= 0.6 is 0 Å². The minimum absolute atomic E-state index is 0.00529. The van der Waals surface area contributed by atoms with Gasteiger partial charge in [0.2, 0.25) is 0 Å². The summed E-state index contributed by atoms with van der Waals surface area (Å²) in [5.41, 5.74) is 2.02. The zero-order valence-corrected chi connectivity index (χ0v) is 13.4. The first-order chi connectivity index (χ1) is 11.7. The lowest BCUT2D eigenvalue weighted by atomic mass is 10.1.